The number of carbonyl (C=O) groups excluding carboxylic acids is 11. The molecule has 18 atom stereocenters. The molecule has 4 rings (SSSR count). The van der Waals surface area contributed by atoms with Gasteiger partial charge >= 0.3 is 65.7 Å². The summed E-state index contributed by atoms with van der Waals surface area (Å²) in [5, 5.41) is 10.7. The number of esters is 11. The van der Waals surface area contributed by atoms with Gasteiger partial charge in [0.15, 0.2) is 55.3 Å². The first-order valence-corrected chi connectivity index (χ1v) is 23.4. The second-order valence-corrected chi connectivity index (χ2v) is 17.3. The first kappa shape index (κ1) is 61.7. The molecule has 0 bridgehead atoms. The zero-order valence-corrected chi connectivity index (χ0v) is 43.3. The molecule has 2 unspecified atom stereocenters. The van der Waals surface area contributed by atoms with Crippen molar-refractivity contribution in [3.05, 3.63) is 12.2 Å². The van der Waals surface area contributed by atoms with E-state index in [4.69, 9.17) is 80.5 Å². The molecule has 4 aliphatic heterocycles. The summed E-state index contributed by atoms with van der Waals surface area (Å²) < 4.78 is 97.7. The Morgan fingerprint density at radius 2 is 0.697 bits per heavy atom. The zero-order valence-electron chi connectivity index (χ0n) is 43.3. The van der Waals surface area contributed by atoms with Crippen LogP contribution in [-0.4, -0.2) is 196 Å². The molecule has 0 radical (unpaired) electrons. The first-order valence-electron chi connectivity index (χ1n) is 23.4. The second-order valence-electron chi connectivity index (χ2n) is 17.3. The van der Waals surface area contributed by atoms with Gasteiger partial charge in [0.05, 0.1) is 18.1 Å². The van der Waals surface area contributed by atoms with E-state index in [2.05, 4.69) is 0 Å². The van der Waals surface area contributed by atoms with Gasteiger partial charge in [-0.25, -0.2) is 0 Å². The molecular weight excluding hydrogens is 1030 g/mol. The van der Waals surface area contributed by atoms with Gasteiger partial charge in [0.25, 0.3) is 0 Å². The van der Waals surface area contributed by atoms with Crippen LogP contribution in [-0.2, 0) is 133 Å². The lowest BCUT2D eigenvalue weighted by molar-refractivity contribution is -0.343. The number of nitriles is 1. The van der Waals surface area contributed by atoms with E-state index in [9.17, 15) is 58.0 Å². The second kappa shape index (κ2) is 28.3. The van der Waals surface area contributed by atoms with E-state index in [0.29, 0.717) is 0 Å². The maximum Gasteiger partial charge on any atom is 0.303 e. The van der Waals surface area contributed by atoms with Gasteiger partial charge in [-0.3, -0.25) is 52.7 Å². The predicted molar refractivity (Wildman–Crippen MR) is 238 cm³/mol. The van der Waals surface area contributed by atoms with Gasteiger partial charge in [0.2, 0.25) is 0 Å². The van der Waals surface area contributed by atoms with Crippen LogP contribution in [0.25, 0.3) is 0 Å². The Bertz CT molecular complexity index is 2230. The Balaban J connectivity index is 1.88. The molecule has 0 aromatic carbocycles. The Hall–Kier alpha value is -6.84. The van der Waals surface area contributed by atoms with E-state index >= 15 is 0 Å². The van der Waals surface area contributed by atoms with E-state index < -0.39 is 202 Å². The van der Waals surface area contributed by atoms with Crippen molar-refractivity contribution in [2.24, 2.45) is 5.92 Å². The molecule has 0 saturated carbocycles. The highest BCUT2D eigenvalue weighted by Gasteiger charge is 2.59. The fourth-order valence-corrected chi connectivity index (χ4v) is 8.53. The molecule has 0 amide bonds. The first-order chi connectivity index (χ1) is 35.7. The summed E-state index contributed by atoms with van der Waals surface area (Å²) in [4.78, 5) is 137. The highest BCUT2D eigenvalue weighted by Crippen LogP contribution is 2.40. The topological polar surface area (TPSA) is 368 Å². The van der Waals surface area contributed by atoms with Gasteiger partial charge in [-0.2, -0.15) is 5.26 Å². The molecule has 0 aliphatic carbocycles. The van der Waals surface area contributed by atoms with E-state index in [1.807, 2.05) is 6.07 Å². The molecule has 76 heavy (non-hydrogen) atoms. The number of carbonyl (C=O) groups is 11. The van der Waals surface area contributed by atoms with Crippen LogP contribution in [0, 0.1) is 17.2 Å². The zero-order chi connectivity index (χ0) is 56.7. The third kappa shape index (κ3) is 17.9. The number of hydrogen-bond donors (Lipinski definition) is 0. The molecule has 29 nitrogen and oxygen atoms in total. The van der Waals surface area contributed by atoms with Crippen LogP contribution in [0.5, 0.6) is 0 Å². The molecule has 29 heteroatoms. The van der Waals surface area contributed by atoms with Crippen LogP contribution in [0.3, 0.4) is 0 Å². The summed E-state index contributed by atoms with van der Waals surface area (Å²) in [6, 6.07) is 1.97. The van der Waals surface area contributed by atoms with Crippen molar-refractivity contribution < 1.29 is 133 Å². The third-order valence-electron chi connectivity index (χ3n) is 11.1. The van der Waals surface area contributed by atoms with Gasteiger partial charge in [0.1, 0.15) is 69.2 Å². The fraction of sp³-hybridized carbons (Fsp3) is 0.702. The normalized spacial score (nSPS) is 32.8. The standard InChI is InChI=1S/C47H61NO28/c1-19(49)60-15-33-30(73-46-44(69-28(10)58)42(67-26(8)56)39(64-23(5)53)35(74-46)17-62-21(3)51)12-13-31(71-33)37-32(14-48)72-34(16-61-20(2)50)38(41(37)66-25(7)55)76-47-45(70-29(11)59)43(68-27(9)57)40(65-24(6)54)36(75-47)18-63-22(4)52/h12-13,30-47H,15-18H2,1-11H3/t30-,31-,32+,33+,34+,35+,36+,37-,38+,39?,40?,41+,42-,43-,44+,45+,46+,47-/m0/s1. The van der Waals surface area contributed by atoms with Crippen molar-refractivity contribution in [1.29, 1.82) is 5.26 Å². The smallest absolute Gasteiger partial charge is 0.303 e. The number of ether oxygens (including phenoxy) is 17. The Kier molecular flexibility index (Phi) is 23.0. The molecule has 3 saturated heterocycles. The van der Waals surface area contributed by atoms with E-state index in [1.54, 1.807) is 0 Å². The minimum atomic E-state index is -1.95. The molecule has 4 heterocycles. The van der Waals surface area contributed by atoms with Crippen LogP contribution in [0.4, 0.5) is 0 Å². The van der Waals surface area contributed by atoms with Crippen LogP contribution in [0.1, 0.15) is 76.2 Å². The van der Waals surface area contributed by atoms with Crippen molar-refractivity contribution in [2.45, 2.75) is 180 Å². The summed E-state index contributed by atoms with van der Waals surface area (Å²) in [6.07, 6.45) is -25.2. The van der Waals surface area contributed by atoms with E-state index in [-0.39, 0.29) is 0 Å². The molecule has 0 spiro atoms. The SMILES string of the molecule is CC(=O)OC[C@H]1O[C@@H](O[C@H]2[C@H](OC(C)=O)[C@@H]([C@@H]3C=C[C@H](O[C@@H]4O[C@H](COC(C)=O)C(OC(C)=O)[C@H](OC(C)=O)[C@H]4OC(C)=O)[C@@H](COC(C)=O)O3)[C@@H](C#N)O[C@@H]2COC(C)=O)[C@H](OC(C)=O)[C@@H](OC(C)=O)C1OC(C)=O. The van der Waals surface area contributed by atoms with Crippen LogP contribution in [0.15, 0.2) is 12.2 Å². The van der Waals surface area contributed by atoms with E-state index in [1.165, 1.54) is 12.2 Å². The maximum absolute atomic E-state index is 13.2. The minimum absolute atomic E-state index is 0.609. The Morgan fingerprint density at radius 3 is 1.07 bits per heavy atom. The number of nitrogens with zero attached hydrogens (tertiary/aromatic N) is 1. The lowest BCUT2D eigenvalue weighted by Crippen LogP contribution is -2.67. The number of rotatable bonds is 20. The van der Waals surface area contributed by atoms with Crippen molar-refractivity contribution in [3.63, 3.8) is 0 Å². The molecule has 0 aromatic rings. The lowest BCUT2D eigenvalue weighted by atomic mass is 9.81. The predicted octanol–water partition coefficient (Wildman–Crippen LogP) is -0.788. The molecule has 0 N–H and O–H groups in total. The van der Waals surface area contributed by atoms with Gasteiger partial charge < -0.3 is 80.5 Å². The van der Waals surface area contributed by atoms with Gasteiger partial charge in [-0.15, -0.1) is 0 Å². The quantitative estimate of drug-likeness (QED) is 0.0819. The van der Waals surface area contributed by atoms with Crippen LogP contribution >= 0.6 is 0 Å². The van der Waals surface area contributed by atoms with Crippen molar-refractivity contribution in [1.82, 2.24) is 0 Å². The summed E-state index contributed by atoms with van der Waals surface area (Å²) >= 11 is 0. The van der Waals surface area contributed by atoms with Gasteiger partial charge in [0, 0.05) is 76.2 Å². The maximum atomic E-state index is 13.2. The van der Waals surface area contributed by atoms with Crippen LogP contribution < -0.4 is 0 Å². The lowest BCUT2D eigenvalue weighted by Gasteiger charge is -2.50. The van der Waals surface area contributed by atoms with Crippen molar-refractivity contribution in [3.8, 4) is 6.07 Å². The molecule has 3 fully saturated rings. The highest BCUT2D eigenvalue weighted by molar-refractivity contribution is 5.70. The Morgan fingerprint density at radius 1 is 0.368 bits per heavy atom. The monoisotopic (exact) mass is 1090 g/mol. The average molecular weight is 1090 g/mol. The number of hydrogen-bond acceptors (Lipinski definition) is 29. The van der Waals surface area contributed by atoms with E-state index in [0.717, 1.165) is 76.2 Å². The Labute approximate surface area is 434 Å². The summed E-state index contributed by atoms with van der Waals surface area (Å²) in [5.41, 5.74) is 0. The molecule has 4 aliphatic rings. The average Bonchev–Trinajstić information content (AvgIpc) is 3.29. The van der Waals surface area contributed by atoms with Crippen molar-refractivity contribution in [2.75, 3.05) is 26.4 Å². The fourth-order valence-electron chi connectivity index (χ4n) is 8.53. The van der Waals surface area contributed by atoms with Gasteiger partial charge in [-0.05, 0) is 0 Å². The molecule has 0 aromatic heterocycles. The highest BCUT2D eigenvalue weighted by atomic mass is 16.8. The van der Waals surface area contributed by atoms with Gasteiger partial charge in [-0.1, -0.05) is 12.2 Å². The minimum Gasteiger partial charge on any atom is -0.463 e. The van der Waals surface area contributed by atoms with Crippen molar-refractivity contribution >= 4 is 65.7 Å². The summed E-state index contributed by atoms with van der Waals surface area (Å²) in [6.45, 7) is 8.66. The summed E-state index contributed by atoms with van der Waals surface area (Å²) in [7, 11) is 0. The van der Waals surface area contributed by atoms with Crippen LogP contribution in [0.2, 0.25) is 0 Å². The third-order valence-corrected chi connectivity index (χ3v) is 11.1. The largest absolute Gasteiger partial charge is 0.463 e. The summed E-state index contributed by atoms with van der Waals surface area (Å²) in [5.74, 6) is -11.5. The molecule has 422 valence electrons. The molecular formula is C47H61NO28.